The summed E-state index contributed by atoms with van der Waals surface area (Å²) in [4.78, 5) is 29.9. The molecule has 8 heteroatoms. The molecule has 0 saturated heterocycles. The van der Waals surface area contributed by atoms with E-state index < -0.39 is 5.91 Å². The number of fused-ring (bicyclic) bond motifs is 2. The van der Waals surface area contributed by atoms with E-state index in [1.165, 1.54) is 17.4 Å². The van der Waals surface area contributed by atoms with Crippen LogP contribution in [-0.2, 0) is 11.3 Å². The van der Waals surface area contributed by atoms with Crippen LogP contribution in [0, 0.1) is 0 Å². The zero-order chi connectivity index (χ0) is 20.4. The van der Waals surface area contributed by atoms with Gasteiger partial charge < -0.3 is 13.7 Å². The first-order valence-corrected chi connectivity index (χ1v) is 10.7. The van der Waals surface area contributed by atoms with Crippen LogP contribution in [0.1, 0.15) is 17.5 Å². The molecule has 0 spiro atoms. The van der Waals surface area contributed by atoms with Gasteiger partial charge in [-0.15, -0.1) is 0 Å². The minimum absolute atomic E-state index is 0.0799. The van der Waals surface area contributed by atoms with Crippen LogP contribution in [0.25, 0.3) is 21.2 Å². The molecule has 148 valence electrons. The first-order valence-electron chi connectivity index (χ1n) is 9.05. The van der Waals surface area contributed by atoms with Gasteiger partial charge in [0.1, 0.15) is 5.58 Å². The highest BCUT2D eigenvalue weighted by molar-refractivity contribution is 9.10. The summed E-state index contributed by atoms with van der Waals surface area (Å²) in [7, 11) is 0. The Morgan fingerprint density at radius 2 is 2.07 bits per heavy atom. The number of hydrogen-bond acceptors (Lipinski definition) is 5. The van der Waals surface area contributed by atoms with Gasteiger partial charge in [0.2, 0.25) is 0 Å². The maximum Gasteiger partial charge on any atom is 0.315 e. The van der Waals surface area contributed by atoms with Gasteiger partial charge in [0.05, 0.1) is 22.2 Å². The average molecular weight is 473 g/mol. The number of rotatable bonds is 5. The molecule has 6 nitrogen and oxygen atoms in total. The van der Waals surface area contributed by atoms with Crippen LogP contribution < -0.4 is 10.2 Å². The van der Waals surface area contributed by atoms with Gasteiger partial charge in [-0.1, -0.05) is 39.4 Å². The van der Waals surface area contributed by atoms with Crippen LogP contribution in [0.15, 0.2) is 67.2 Å². The lowest BCUT2D eigenvalue weighted by Gasteiger charge is -2.05. The Hall–Kier alpha value is -2.55. The predicted molar refractivity (Wildman–Crippen MR) is 116 cm³/mol. The van der Waals surface area contributed by atoms with E-state index in [1.54, 1.807) is 24.3 Å². The van der Waals surface area contributed by atoms with Crippen LogP contribution in [0.5, 0.6) is 0 Å². The molecule has 0 aliphatic rings. The van der Waals surface area contributed by atoms with Crippen LogP contribution in [0.3, 0.4) is 0 Å². The second-order valence-electron chi connectivity index (χ2n) is 6.23. The highest BCUT2D eigenvalue weighted by atomic mass is 79.9. The summed E-state index contributed by atoms with van der Waals surface area (Å²) in [5.74, 6) is -0.674. The van der Waals surface area contributed by atoms with E-state index in [0.717, 1.165) is 14.7 Å². The van der Waals surface area contributed by atoms with Gasteiger partial charge in [0.15, 0.2) is 16.0 Å². The Bertz CT molecular complexity index is 1340. The number of hydrogen-bond donors (Lipinski definition) is 0. The number of amides is 1. The van der Waals surface area contributed by atoms with Crippen molar-refractivity contribution in [3.63, 3.8) is 0 Å². The second-order valence-corrected chi connectivity index (χ2v) is 8.16. The first kappa shape index (κ1) is 19.8. The molecule has 4 rings (SSSR count). The summed E-state index contributed by atoms with van der Waals surface area (Å²) < 4.78 is 15.0. The molecule has 2 aromatic carbocycles. The van der Waals surface area contributed by atoms with Gasteiger partial charge in [-0.25, -0.2) is 0 Å². The topological polar surface area (TPSA) is 73.8 Å². The van der Waals surface area contributed by atoms with Crippen molar-refractivity contribution in [3.05, 3.63) is 73.8 Å². The highest BCUT2D eigenvalue weighted by Gasteiger charge is 2.14. The second kappa shape index (κ2) is 8.44. The Balaban J connectivity index is 1.81. The van der Waals surface area contributed by atoms with Gasteiger partial charge in [-0.05, 0) is 37.3 Å². The number of benzene rings is 2. The SMILES string of the molecule is CCOCCn1c(=NC(=O)c2cc(=O)c3ccccc3o2)sc2cc(Br)ccc21. The maximum atomic E-state index is 12.8. The minimum atomic E-state index is -0.594. The first-order chi connectivity index (χ1) is 14.1. The van der Waals surface area contributed by atoms with Gasteiger partial charge in [-0.2, -0.15) is 4.99 Å². The molecule has 0 fully saturated rings. The summed E-state index contributed by atoms with van der Waals surface area (Å²) in [5, 5.41) is 0.433. The van der Waals surface area contributed by atoms with E-state index >= 15 is 0 Å². The minimum Gasteiger partial charge on any atom is -0.451 e. The molecule has 0 radical (unpaired) electrons. The van der Waals surface area contributed by atoms with Crippen LogP contribution in [-0.4, -0.2) is 23.7 Å². The molecule has 2 aromatic heterocycles. The van der Waals surface area contributed by atoms with Crippen molar-refractivity contribution in [2.75, 3.05) is 13.2 Å². The van der Waals surface area contributed by atoms with Crippen molar-refractivity contribution in [2.24, 2.45) is 4.99 Å². The fraction of sp³-hybridized carbons (Fsp3) is 0.190. The van der Waals surface area contributed by atoms with E-state index in [0.29, 0.717) is 35.5 Å². The molecule has 0 aliphatic carbocycles. The highest BCUT2D eigenvalue weighted by Crippen LogP contribution is 2.22. The lowest BCUT2D eigenvalue weighted by molar-refractivity contribution is 0.0971. The number of carbonyl (C=O) groups is 1. The number of carbonyl (C=O) groups excluding carboxylic acids is 1. The third-order valence-corrected chi connectivity index (χ3v) is 5.89. The van der Waals surface area contributed by atoms with Crippen molar-refractivity contribution in [2.45, 2.75) is 13.5 Å². The molecule has 0 N–H and O–H groups in total. The van der Waals surface area contributed by atoms with Gasteiger partial charge in [-0.3, -0.25) is 9.59 Å². The van der Waals surface area contributed by atoms with E-state index in [4.69, 9.17) is 9.15 Å². The van der Waals surface area contributed by atoms with Crippen molar-refractivity contribution in [1.82, 2.24) is 4.57 Å². The normalized spacial score (nSPS) is 12.1. The van der Waals surface area contributed by atoms with E-state index in [2.05, 4.69) is 20.9 Å². The van der Waals surface area contributed by atoms with Gasteiger partial charge >= 0.3 is 5.91 Å². The van der Waals surface area contributed by atoms with Gasteiger partial charge in [0, 0.05) is 23.7 Å². The summed E-state index contributed by atoms with van der Waals surface area (Å²) in [6, 6.07) is 13.9. The molecular weight excluding hydrogens is 456 g/mol. The molecule has 29 heavy (non-hydrogen) atoms. The molecule has 0 atom stereocenters. The summed E-state index contributed by atoms with van der Waals surface area (Å²) >= 11 is 4.87. The smallest absolute Gasteiger partial charge is 0.315 e. The van der Waals surface area contributed by atoms with Crippen molar-refractivity contribution < 1.29 is 13.9 Å². The molecule has 4 aromatic rings. The summed E-state index contributed by atoms with van der Waals surface area (Å²) in [5.41, 5.74) is 1.06. The van der Waals surface area contributed by atoms with E-state index in [9.17, 15) is 9.59 Å². The number of aromatic nitrogens is 1. The lowest BCUT2D eigenvalue weighted by Crippen LogP contribution is -2.20. The number of nitrogens with zero attached hydrogens (tertiary/aromatic N) is 2. The average Bonchev–Trinajstić information content (AvgIpc) is 3.04. The third kappa shape index (κ3) is 4.10. The van der Waals surface area contributed by atoms with E-state index in [-0.39, 0.29) is 11.2 Å². The summed E-state index contributed by atoms with van der Waals surface area (Å²) in [6.07, 6.45) is 0. The van der Waals surface area contributed by atoms with Crippen molar-refractivity contribution in [1.29, 1.82) is 0 Å². The fourth-order valence-electron chi connectivity index (χ4n) is 3.00. The van der Waals surface area contributed by atoms with Crippen molar-refractivity contribution >= 4 is 54.4 Å². The fourth-order valence-corrected chi connectivity index (χ4v) is 4.61. The predicted octanol–water partition coefficient (Wildman–Crippen LogP) is 4.35. The van der Waals surface area contributed by atoms with E-state index in [1.807, 2.05) is 29.7 Å². The van der Waals surface area contributed by atoms with Crippen LogP contribution in [0.2, 0.25) is 0 Å². The zero-order valence-corrected chi connectivity index (χ0v) is 18.0. The van der Waals surface area contributed by atoms with Crippen molar-refractivity contribution in [3.8, 4) is 0 Å². The Labute approximate surface area is 178 Å². The molecule has 0 unspecified atom stereocenters. The number of para-hydroxylation sites is 1. The molecule has 1 amide bonds. The zero-order valence-electron chi connectivity index (χ0n) is 15.6. The third-order valence-electron chi connectivity index (χ3n) is 4.35. The molecular formula is C21H17BrN2O4S. The maximum absolute atomic E-state index is 12.8. The number of halogens is 1. The lowest BCUT2D eigenvalue weighted by atomic mass is 10.2. The Morgan fingerprint density at radius 1 is 1.24 bits per heavy atom. The molecule has 2 heterocycles. The van der Waals surface area contributed by atoms with Gasteiger partial charge in [0.25, 0.3) is 0 Å². The Morgan fingerprint density at radius 3 is 2.90 bits per heavy atom. The summed E-state index contributed by atoms with van der Waals surface area (Å²) in [6.45, 7) is 3.61. The van der Waals surface area contributed by atoms with Crippen LogP contribution >= 0.6 is 27.3 Å². The monoisotopic (exact) mass is 472 g/mol. The molecule has 0 saturated carbocycles. The quantitative estimate of drug-likeness (QED) is 0.404. The number of thiazole rings is 1. The molecule has 0 bridgehead atoms. The Kier molecular flexibility index (Phi) is 5.75. The standard InChI is InChI=1S/C21H17BrN2O4S/c1-2-27-10-9-24-15-8-7-13(22)11-19(15)29-21(24)23-20(26)18-12-16(25)14-5-3-4-6-17(14)28-18/h3-8,11-12H,2,9-10H2,1H3. The number of ether oxygens (including phenoxy) is 1. The largest absolute Gasteiger partial charge is 0.451 e. The molecule has 0 aliphatic heterocycles. The van der Waals surface area contributed by atoms with Crippen LogP contribution in [0.4, 0.5) is 0 Å².